The summed E-state index contributed by atoms with van der Waals surface area (Å²) in [5.74, 6) is 1.44. The first-order chi connectivity index (χ1) is 17.5. The molecule has 37 heavy (non-hydrogen) atoms. The molecule has 1 fully saturated rings. The quantitative estimate of drug-likeness (QED) is 0.440. The summed E-state index contributed by atoms with van der Waals surface area (Å²) in [7, 11) is -1.50. The van der Waals surface area contributed by atoms with E-state index >= 15 is 0 Å². The molecule has 0 atom stereocenters. The summed E-state index contributed by atoms with van der Waals surface area (Å²) in [6.45, 7) is 10.9. The number of carbonyl (C=O) groups is 1. The molecule has 2 aromatic carbocycles. The van der Waals surface area contributed by atoms with E-state index in [1.165, 1.54) is 16.4 Å². The van der Waals surface area contributed by atoms with E-state index in [1.54, 1.807) is 19.2 Å². The molecule has 1 aliphatic rings. The van der Waals surface area contributed by atoms with Crippen molar-refractivity contribution in [3.63, 3.8) is 0 Å². The maximum atomic E-state index is 13.4. The lowest BCUT2D eigenvalue weighted by Crippen LogP contribution is -2.26. The molecule has 1 saturated heterocycles. The van der Waals surface area contributed by atoms with Crippen molar-refractivity contribution in [3.8, 4) is 0 Å². The Morgan fingerprint density at radius 1 is 1.16 bits per heavy atom. The Morgan fingerprint density at radius 3 is 2.46 bits per heavy atom. The minimum absolute atomic E-state index is 0.0885. The highest BCUT2D eigenvalue weighted by atomic mass is 32.2. The van der Waals surface area contributed by atoms with E-state index in [0.717, 1.165) is 56.7 Å². The fraction of sp³-hybridized carbons (Fsp3) is 0.481. The summed E-state index contributed by atoms with van der Waals surface area (Å²) >= 11 is 0. The average molecular weight is 524 g/mol. The maximum Gasteiger partial charge on any atom is 0.264 e. The van der Waals surface area contributed by atoms with Crippen LogP contribution in [0.15, 0.2) is 47.4 Å². The highest BCUT2D eigenvalue weighted by Gasteiger charge is 2.27. The zero-order chi connectivity index (χ0) is 26.8. The van der Waals surface area contributed by atoms with Crippen LogP contribution < -0.4 is 9.62 Å². The van der Waals surface area contributed by atoms with Crippen molar-refractivity contribution in [2.45, 2.75) is 63.6 Å². The van der Waals surface area contributed by atoms with Crippen LogP contribution in [0.1, 0.15) is 39.4 Å². The van der Waals surface area contributed by atoms with Gasteiger partial charge in [0.1, 0.15) is 13.1 Å². The highest BCUT2D eigenvalue weighted by molar-refractivity contribution is 7.92. The van der Waals surface area contributed by atoms with Crippen molar-refractivity contribution in [1.82, 2.24) is 9.55 Å². The van der Waals surface area contributed by atoms with Crippen molar-refractivity contribution >= 4 is 45.6 Å². The van der Waals surface area contributed by atoms with Crippen LogP contribution in [-0.2, 0) is 31.5 Å². The molecule has 4 rings (SSSR count). The summed E-state index contributed by atoms with van der Waals surface area (Å²) in [6, 6.07) is 11.9. The Labute approximate surface area is 220 Å². The first kappa shape index (κ1) is 27.2. The number of benzene rings is 2. The monoisotopic (exact) mass is 524 g/mol. The number of ether oxygens (including phenoxy) is 1. The van der Waals surface area contributed by atoms with E-state index in [0.29, 0.717) is 23.6 Å². The Bertz CT molecular complexity index is 1360. The van der Waals surface area contributed by atoms with Gasteiger partial charge in [0.25, 0.3) is 10.0 Å². The minimum atomic E-state index is -3.80. The molecule has 198 valence electrons. The molecule has 8 nitrogen and oxygen atoms in total. The molecule has 1 N–H and O–H groups in total. The second-order valence-electron chi connectivity index (χ2n) is 10.8. The standard InChI is InChI=1S/C27H37BN4O4S/c1-27(2,3)26-30-23-16-21(8-11-24(23)32(26)18-19-12-14-36-15-13-19)31(5)37(34,35)22-9-6-20(7-10-22)29-25(33)17-28-4/h6-11,16,19,28H,12-15,17-18H2,1-5H3,(H,29,33). The highest BCUT2D eigenvalue weighted by Crippen LogP contribution is 2.32. The van der Waals surface area contributed by atoms with Crippen LogP contribution in [0.5, 0.6) is 0 Å². The number of amides is 1. The Morgan fingerprint density at radius 2 is 1.84 bits per heavy atom. The molecule has 0 radical (unpaired) electrons. The Balaban J connectivity index is 1.62. The Kier molecular flexibility index (Phi) is 7.99. The van der Waals surface area contributed by atoms with Gasteiger partial charge in [-0.3, -0.25) is 9.10 Å². The normalized spacial score (nSPS) is 15.1. The third-order valence-electron chi connectivity index (χ3n) is 6.82. The van der Waals surface area contributed by atoms with Crippen molar-refractivity contribution in [3.05, 3.63) is 48.3 Å². The summed E-state index contributed by atoms with van der Waals surface area (Å²) < 4.78 is 35.9. The van der Waals surface area contributed by atoms with Gasteiger partial charge in [0.2, 0.25) is 5.91 Å². The molecule has 0 spiro atoms. The largest absolute Gasteiger partial charge is 0.381 e. The van der Waals surface area contributed by atoms with Crippen LogP contribution in [0, 0.1) is 5.92 Å². The molecular weight excluding hydrogens is 487 g/mol. The molecule has 1 amide bonds. The lowest BCUT2D eigenvalue weighted by atomic mass is 9.78. The van der Waals surface area contributed by atoms with Crippen molar-refractivity contribution < 1.29 is 17.9 Å². The lowest BCUT2D eigenvalue weighted by molar-refractivity contribution is -0.114. The first-order valence-electron chi connectivity index (χ1n) is 13.0. The van der Waals surface area contributed by atoms with E-state index in [9.17, 15) is 13.2 Å². The van der Waals surface area contributed by atoms with Crippen molar-refractivity contribution in [2.24, 2.45) is 5.92 Å². The third kappa shape index (κ3) is 6.01. The van der Waals surface area contributed by atoms with Gasteiger partial charge in [0.05, 0.1) is 21.6 Å². The number of hydrogen-bond donors (Lipinski definition) is 1. The van der Waals surface area contributed by atoms with E-state index < -0.39 is 10.0 Å². The SMILES string of the molecule is CBCC(=O)Nc1ccc(S(=O)(=O)N(C)c2ccc3c(c2)nc(C(C)(C)C)n3CC2CCOCC2)cc1. The number of nitrogens with one attached hydrogen (secondary N) is 1. The smallest absolute Gasteiger partial charge is 0.264 e. The predicted molar refractivity (Wildman–Crippen MR) is 150 cm³/mol. The predicted octanol–water partition coefficient (Wildman–Crippen LogP) is 4.43. The van der Waals surface area contributed by atoms with Crippen LogP contribution in [-0.4, -0.2) is 51.4 Å². The van der Waals surface area contributed by atoms with E-state index in [4.69, 9.17) is 9.72 Å². The molecule has 1 aromatic heterocycles. The fourth-order valence-corrected chi connectivity index (χ4v) is 5.90. The Hall–Kier alpha value is -2.85. The zero-order valence-electron chi connectivity index (χ0n) is 22.5. The maximum absolute atomic E-state index is 13.4. The number of aromatic nitrogens is 2. The average Bonchev–Trinajstić information content (AvgIpc) is 3.23. The van der Waals surface area contributed by atoms with Gasteiger partial charge in [-0.15, -0.1) is 0 Å². The molecule has 10 heteroatoms. The van der Waals surface area contributed by atoms with Gasteiger partial charge in [-0.25, -0.2) is 13.4 Å². The van der Waals surface area contributed by atoms with Crippen LogP contribution in [0.2, 0.25) is 13.1 Å². The summed E-state index contributed by atoms with van der Waals surface area (Å²) in [5.41, 5.74) is 2.76. The van der Waals surface area contributed by atoms with Gasteiger partial charge in [0.15, 0.2) is 0 Å². The number of imidazole rings is 1. The summed E-state index contributed by atoms with van der Waals surface area (Å²) in [4.78, 5) is 17.0. The molecular formula is C27H37BN4O4S. The zero-order valence-corrected chi connectivity index (χ0v) is 23.3. The number of carbonyl (C=O) groups excluding carboxylic acids is 1. The van der Waals surface area contributed by atoms with Crippen LogP contribution in [0.25, 0.3) is 11.0 Å². The number of anilines is 2. The van der Waals surface area contributed by atoms with Gasteiger partial charge >= 0.3 is 0 Å². The second-order valence-corrected chi connectivity index (χ2v) is 12.8. The van der Waals surface area contributed by atoms with Crippen LogP contribution in [0.4, 0.5) is 11.4 Å². The van der Waals surface area contributed by atoms with Crippen molar-refractivity contribution in [1.29, 1.82) is 0 Å². The van der Waals surface area contributed by atoms with E-state index in [-0.39, 0.29) is 16.2 Å². The second kappa shape index (κ2) is 10.9. The van der Waals surface area contributed by atoms with Gasteiger partial charge in [-0.2, -0.15) is 0 Å². The van der Waals surface area contributed by atoms with Crippen LogP contribution in [0.3, 0.4) is 0 Å². The number of rotatable bonds is 8. The van der Waals surface area contributed by atoms with Gasteiger partial charge < -0.3 is 14.6 Å². The topological polar surface area (TPSA) is 93.5 Å². The lowest BCUT2D eigenvalue weighted by Gasteiger charge is -2.26. The molecule has 3 aromatic rings. The van der Waals surface area contributed by atoms with Gasteiger partial charge in [-0.05, 0) is 61.2 Å². The molecule has 2 heterocycles. The molecule has 0 unspecified atom stereocenters. The molecule has 0 bridgehead atoms. The number of hydrogen-bond acceptors (Lipinski definition) is 5. The fourth-order valence-electron chi connectivity index (χ4n) is 4.72. The molecule has 0 saturated carbocycles. The molecule has 0 aliphatic carbocycles. The first-order valence-corrected chi connectivity index (χ1v) is 14.4. The summed E-state index contributed by atoms with van der Waals surface area (Å²) in [6.07, 6.45) is 2.49. The van der Waals surface area contributed by atoms with Crippen LogP contribution >= 0.6 is 0 Å². The van der Waals surface area contributed by atoms with E-state index in [2.05, 4.69) is 30.7 Å². The van der Waals surface area contributed by atoms with Gasteiger partial charge in [-0.1, -0.05) is 27.6 Å². The van der Waals surface area contributed by atoms with Crippen molar-refractivity contribution in [2.75, 3.05) is 29.9 Å². The minimum Gasteiger partial charge on any atom is -0.381 e. The number of sulfonamides is 1. The molecule has 1 aliphatic heterocycles. The van der Waals surface area contributed by atoms with Gasteiger partial charge in [0, 0.05) is 44.2 Å². The third-order valence-corrected chi connectivity index (χ3v) is 8.62. The number of fused-ring (bicyclic) bond motifs is 1. The summed E-state index contributed by atoms with van der Waals surface area (Å²) in [5, 5.41) is 2.79. The van der Waals surface area contributed by atoms with E-state index in [1.807, 2.05) is 25.0 Å². The number of nitrogens with zero attached hydrogens (tertiary/aromatic N) is 3.